The first-order valence-corrected chi connectivity index (χ1v) is 13.6. The van der Waals surface area contributed by atoms with Gasteiger partial charge in [0.1, 0.15) is 0 Å². The minimum Gasteiger partial charge on any atom is -0.264 e. The van der Waals surface area contributed by atoms with Crippen LogP contribution in [-0.2, 0) is 6.42 Å². The van der Waals surface area contributed by atoms with Crippen molar-refractivity contribution in [1.29, 1.82) is 0 Å². The molecule has 6 rings (SSSR count). The van der Waals surface area contributed by atoms with E-state index in [1.807, 2.05) is 24.5 Å². The SMILES string of the molecule is C=N/C(=C\Cc1cccc(-c2cccc(-c3cccnc3)c2)c1)c1cccc(-c2cccc(-c3cccnc3)c2)c1. The number of allylic oxidation sites excluding steroid dienone is 1. The van der Waals surface area contributed by atoms with Gasteiger partial charge in [0.15, 0.2) is 0 Å². The Morgan fingerprint density at radius 1 is 0.537 bits per heavy atom. The highest BCUT2D eigenvalue weighted by Crippen LogP contribution is 2.30. The summed E-state index contributed by atoms with van der Waals surface area (Å²) in [5.74, 6) is 0. The second-order valence-corrected chi connectivity index (χ2v) is 9.88. The Balaban J connectivity index is 1.24. The Morgan fingerprint density at radius 3 is 1.54 bits per heavy atom. The summed E-state index contributed by atoms with van der Waals surface area (Å²) in [4.78, 5) is 12.9. The van der Waals surface area contributed by atoms with Crippen molar-refractivity contribution < 1.29 is 0 Å². The fourth-order valence-electron chi connectivity index (χ4n) is 5.05. The van der Waals surface area contributed by atoms with Crippen LogP contribution in [0, 0.1) is 0 Å². The lowest BCUT2D eigenvalue weighted by atomic mass is 9.97. The van der Waals surface area contributed by atoms with Crippen molar-refractivity contribution in [2.75, 3.05) is 0 Å². The van der Waals surface area contributed by atoms with E-state index < -0.39 is 0 Å². The van der Waals surface area contributed by atoms with Gasteiger partial charge in [-0.1, -0.05) is 97.1 Å². The van der Waals surface area contributed by atoms with Gasteiger partial charge >= 0.3 is 0 Å². The molecular formula is C38H29N3. The summed E-state index contributed by atoms with van der Waals surface area (Å²) in [5, 5.41) is 0. The smallest absolute Gasteiger partial charge is 0.0658 e. The van der Waals surface area contributed by atoms with E-state index in [9.17, 15) is 0 Å². The van der Waals surface area contributed by atoms with Gasteiger partial charge in [-0.2, -0.15) is 0 Å². The summed E-state index contributed by atoms with van der Waals surface area (Å²) in [6, 6.07) is 42.4. The topological polar surface area (TPSA) is 38.1 Å². The molecule has 0 spiro atoms. The van der Waals surface area contributed by atoms with Gasteiger partial charge < -0.3 is 0 Å². The van der Waals surface area contributed by atoms with E-state index in [0.717, 1.165) is 51.1 Å². The molecule has 0 radical (unpaired) electrons. The molecule has 0 saturated carbocycles. The van der Waals surface area contributed by atoms with Crippen LogP contribution in [0.4, 0.5) is 0 Å². The molecule has 0 aliphatic heterocycles. The van der Waals surface area contributed by atoms with Crippen molar-refractivity contribution in [3.8, 4) is 44.5 Å². The van der Waals surface area contributed by atoms with Crippen LogP contribution >= 0.6 is 0 Å². The van der Waals surface area contributed by atoms with E-state index in [-0.39, 0.29) is 0 Å². The van der Waals surface area contributed by atoms with E-state index in [4.69, 9.17) is 0 Å². The zero-order valence-electron chi connectivity index (χ0n) is 22.7. The van der Waals surface area contributed by atoms with Gasteiger partial charge in [-0.25, -0.2) is 0 Å². The Bertz CT molecular complexity index is 1820. The molecule has 2 aromatic heterocycles. The van der Waals surface area contributed by atoms with Gasteiger partial charge in [0.25, 0.3) is 0 Å². The molecule has 0 aliphatic rings. The number of hydrogen-bond acceptors (Lipinski definition) is 3. The lowest BCUT2D eigenvalue weighted by Crippen LogP contribution is -1.88. The molecule has 0 unspecified atom stereocenters. The van der Waals surface area contributed by atoms with E-state index in [2.05, 4.69) is 137 Å². The number of rotatable bonds is 8. The van der Waals surface area contributed by atoms with Crippen molar-refractivity contribution in [1.82, 2.24) is 9.97 Å². The molecule has 6 aromatic rings. The van der Waals surface area contributed by atoms with Crippen LogP contribution < -0.4 is 0 Å². The summed E-state index contributed by atoms with van der Waals surface area (Å²) in [5.41, 5.74) is 12.3. The second kappa shape index (κ2) is 12.2. The molecular weight excluding hydrogens is 498 g/mol. The molecule has 0 N–H and O–H groups in total. The molecule has 0 atom stereocenters. The van der Waals surface area contributed by atoms with E-state index in [0.29, 0.717) is 0 Å². The maximum atomic E-state index is 4.40. The first kappa shape index (κ1) is 25.8. The number of benzene rings is 4. The number of nitrogens with zero attached hydrogens (tertiary/aromatic N) is 3. The van der Waals surface area contributed by atoms with Crippen molar-refractivity contribution in [2.24, 2.45) is 4.99 Å². The molecule has 0 fully saturated rings. The number of aliphatic imine (C=N–C) groups is 1. The average molecular weight is 528 g/mol. The minimum atomic E-state index is 0.755. The van der Waals surface area contributed by atoms with Gasteiger partial charge in [-0.05, 0) is 82.4 Å². The molecule has 2 heterocycles. The van der Waals surface area contributed by atoms with Gasteiger partial charge in [0.2, 0.25) is 0 Å². The summed E-state index contributed by atoms with van der Waals surface area (Å²) in [7, 11) is 0. The first-order chi connectivity index (χ1) is 20.3. The van der Waals surface area contributed by atoms with Gasteiger partial charge in [-0.15, -0.1) is 0 Å². The first-order valence-electron chi connectivity index (χ1n) is 13.6. The molecule has 4 aromatic carbocycles. The minimum absolute atomic E-state index is 0.755. The standard InChI is InChI=1S/C38H29N3/c1-39-38(35-15-5-12-32(25-35)31-11-4-14-34(24-31)37-17-7-21-41-27-37)19-18-28-8-2-9-29(22-28)30-10-3-13-33(23-30)36-16-6-20-40-26-36/h2-17,19-27H,1,18H2/b38-19-. The fraction of sp³-hybridized carbons (Fsp3) is 0.0263. The van der Waals surface area contributed by atoms with E-state index in [1.54, 1.807) is 12.4 Å². The Morgan fingerprint density at radius 2 is 1.00 bits per heavy atom. The summed E-state index contributed by atoms with van der Waals surface area (Å²) < 4.78 is 0. The zero-order valence-corrected chi connectivity index (χ0v) is 22.7. The van der Waals surface area contributed by atoms with Crippen LogP contribution in [0.3, 0.4) is 0 Å². The molecule has 196 valence electrons. The number of pyridine rings is 2. The maximum absolute atomic E-state index is 4.40. The van der Waals surface area contributed by atoms with Crippen LogP contribution in [0.15, 0.2) is 157 Å². The van der Waals surface area contributed by atoms with E-state index >= 15 is 0 Å². The predicted octanol–water partition coefficient (Wildman–Crippen LogP) is 9.43. The normalized spacial score (nSPS) is 11.3. The summed E-state index contributed by atoms with van der Waals surface area (Å²) in [6.45, 7) is 3.88. The average Bonchev–Trinajstić information content (AvgIpc) is 3.06. The van der Waals surface area contributed by atoms with Crippen LogP contribution in [0.5, 0.6) is 0 Å². The van der Waals surface area contributed by atoms with E-state index in [1.165, 1.54) is 16.7 Å². The highest BCUT2D eigenvalue weighted by atomic mass is 14.7. The van der Waals surface area contributed by atoms with Crippen LogP contribution in [-0.4, -0.2) is 16.7 Å². The molecule has 0 saturated heterocycles. The van der Waals surface area contributed by atoms with Gasteiger partial charge in [0.05, 0.1) is 5.70 Å². The van der Waals surface area contributed by atoms with Crippen molar-refractivity contribution in [3.05, 3.63) is 163 Å². The highest BCUT2D eigenvalue weighted by Gasteiger charge is 2.07. The van der Waals surface area contributed by atoms with Crippen molar-refractivity contribution >= 4 is 12.4 Å². The highest BCUT2D eigenvalue weighted by molar-refractivity contribution is 5.77. The maximum Gasteiger partial charge on any atom is 0.0658 e. The Labute approximate surface area is 241 Å². The molecule has 0 aliphatic carbocycles. The van der Waals surface area contributed by atoms with Crippen LogP contribution in [0.25, 0.3) is 50.2 Å². The third-order valence-electron chi connectivity index (χ3n) is 7.17. The second-order valence-electron chi connectivity index (χ2n) is 9.88. The Hall–Kier alpha value is -5.41. The molecule has 0 bridgehead atoms. The third kappa shape index (κ3) is 6.10. The molecule has 41 heavy (non-hydrogen) atoms. The van der Waals surface area contributed by atoms with Gasteiger partial charge in [0, 0.05) is 41.5 Å². The lowest BCUT2D eigenvalue weighted by molar-refractivity contribution is 1.26. The largest absolute Gasteiger partial charge is 0.264 e. The summed E-state index contributed by atoms with van der Waals surface area (Å²) in [6.07, 6.45) is 10.3. The quantitative estimate of drug-likeness (QED) is 0.185. The zero-order chi connectivity index (χ0) is 27.9. The van der Waals surface area contributed by atoms with Crippen LogP contribution in [0.2, 0.25) is 0 Å². The van der Waals surface area contributed by atoms with Gasteiger partial charge in [-0.3, -0.25) is 15.0 Å². The number of aromatic nitrogens is 2. The van der Waals surface area contributed by atoms with Crippen molar-refractivity contribution in [2.45, 2.75) is 6.42 Å². The monoisotopic (exact) mass is 527 g/mol. The molecule has 3 heteroatoms. The fourth-order valence-corrected chi connectivity index (χ4v) is 5.05. The van der Waals surface area contributed by atoms with Crippen molar-refractivity contribution in [3.63, 3.8) is 0 Å². The molecule has 0 amide bonds. The Kier molecular flexibility index (Phi) is 7.68. The third-order valence-corrected chi connectivity index (χ3v) is 7.17. The molecule has 3 nitrogen and oxygen atoms in total. The number of hydrogen-bond donors (Lipinski definition) is 0. The predicted molar refractivity (Wildman–Crippen MR) is 171 cm³/mol. The summed E-state index contributed by atoms with van der Waals surface area (Å²) >= 11 is 0. The lowest BCUT2D eigenvalue weighted by Gasteiger charge is -2.09. The van der Waals surface area contributed by atoms with Crippen LogP contribution in [0.1, 0.15) is 11.1 Å².